The van der Waals surface area contributed by atoms with Gasteiger partial charge in [0.15, 0.2) is 0 Å². The smallest absolute Gasteiger partial charge is 0.205 e. The van der Waals surface area contributed by atoms with Crippen LogP contribution in [-0.4, -0.2) is 0 Å². The van der Waals surface area contributed by atoms with Gasteiger partial charge in [-0.15, -0.1) is 0 Å². The van der Waals surface area contributed by atoms with Crippen molar-refractivity contribution in [2.24, 2.45) is 0 Å². The predicted octanol–water partition coefficient (Wildman–Crippen LogP) is 5.01. The fraction of sp³-hybridized carbons (Fsp3) is 0.0909. The van der Waals surface area contributed by atoms with E-state index in [0.29, 0.717) is 16.1 Å². The summed E-state index contributed by atoms with van der Waals surface area (Å²) in [4.78, 5) is 0. The van der Waals surface area contributed by atoms with E-state index >= 15 is 0 Å². The molecule has 0 nitrogen and oxygen atoms in total. The standard InChI is InChI=1S/C11H7ClF2S/c12-10-4-2-1-3-7(10)8-5-15-6-9(8)11(13)14/h1-6,11H. The van der Waals surface area contributed by atoms with E-state index in [-0.39, 0.29) is 5.56 Å². The molecular weight excluding hydrogens is 238 g/mol. The molecule has 0 N–H and O–H groups in total. The first-order chi connectivity index (χ1) is 7.20. The largest absolute Gasteiger partial charge is 0.265 e. The molecular formula is C11H7ClF2S. The maximum Gasteiger partial charge on any atom is 0.265 e. The lowest BCUT2D eigenvalue weighted by atomic mass is 10.1. The molecule has 0 saturated heterocycles. The van der Waals surface area contributed by atoms with Crippen LogP contribution in [0.5, 0.6) is 0 Å². The minimum atomic E-state index is -2.46. The number of rotatable bonds is 2. The average Bonchev–Trinajstić information content (AvgIpc) is 2.67. The van der Waals surface area contributed by atoms with Gasteiger partial charge >= 0.3 is 0 Å². The SMILES string of the molecule is FC(F)c1cscc1-c1ccccc1Cl. The second kappa shape index (κ2) is 4.29. The van der Waals surface area contributed by atoms with E-state index in [1.807, 2.05) is 0 Å². The lowest BCUT2D eigenvalue weighted by molar-refractivity contribution is 0.152. The molecule has 0 radical (unpaired) electrons. The van der Waals surface area contributed by atoms with E-state index in [1.165, 1.54) is 16.7 Å². The van der Waals surface area contributed by atoms with Gasteiger partial charge in [0.2, 0.25) is 0 Å². The van der Waals surface area contributed by atoms with E-state index < -0.39 is 6.43 Å². The Morgan fingerprint density at radius 2 is 1.80 bits per heavy atom. The number of thiophene rings is 1. The van der Waals surface area contributed by atoms with Crippen molar-refractivity contribution in [3.05, 3.63) is 45.6 Å². The molecule has 1 aromatic heterocycles. The molecule has 0 amide bonds. The Bertz CT molecular complexity index is 465. The molecule has 0 aliphatic rings. The molecule has 0 atom stereocenters. The molecule has 2 aromatic rings. The van der Waals surface area contributed by atoms with Crippen molar-refractivity contribution in [3.63, 3.8) is 0 Å². The highest BCUT2D eigenvalue weighted by Crippen LogP contribution is 2.37. The Balaban J connectivity index is 2.55. The topological polar surface area (TPSA) is 0 Å². The Hall–Kier alpha value is -0.930. The van der Waals surface area contributed by atoms with Crippen molar-refractivity contribution in [2.45, 2.75) is 6.43 Å². The van der Waals surface area contributed by atoms with E-state index in [4.69, 9.17) is 11.6 Å². The van der Waals surface area contributed by atoms with Crippen LogP contribution in [-0.2, 0) is 0 Å². The summed E-state index contributed by atoms with van der Waals surface area (Å²) in [6.07, 6.45) is -2.46. The highest BCUT2D eigenvalue weighted by atomic mass is 35.5. The van der Waals surface area contributed by atoms with Crippen molar-refractivity contribution in [2.75, 3.05) is 0 Å². The number of hydrogen-bond donors (Lipinski definition) is 0. The Morgan fingerprint density at radius 3 is 2.47 bits per heavy atom. The summed E-state index contributed by atoms with van der Waals surface area (Å²) in [5, 5.41) is 3.66. The van der Waals surface area contributed by atoms with Crippen LogP contribution < -0.4 is 0 Å². The molecule has 0 bridgehead atoms. The minimum Gasteiger partial charge on any atom is -0.205 e. The summed E-state index contributed by atoms with van der Waals surface area (Å²) in [6, 6.07) is 7.01. The van der Waals surface area contributed by atoms with Crippen LogP contribution in [0.2, 0.25) is 5.02 Å². The molecule has 0 unspecified atom stereocenters. The van der Waals surface area contributed by atoms with E-state index in [0.717, 1.165) is 0 Å². The number of benzene rings is 1. The molecule has 15 heavy (non-hydrogen) atoms. The van der Waals surface area contributed by atoms with Gasteiger partial charge in [-0.3, -0.25) is 0 Å². The van der Waals surface area contributed by atoms with Crippen molar-refractivity contribution < 1.29 is 8.78 Å². The predicted molar refractivity (Wildman–Crippen MR) is 59.7 cm³/mol. The zero-order valence-corrected chi connectivity index (χ0v) is 9.16. The lowest BCUT2D eigenvalue weighted by Gasteiger charge is -2.04. The third kappa shape index (κ3) is 2.03. The quantitative estimate of drug-likeness (QED) is 0.697. The molecule has 4 heteroatoms. The molecule has 0 aliphatic carbocycles. The Kier molecular flexibility index (Phi) is 3.03. The molecule has 78 valence electrons. The highest BCUT2D eigenvalue weighted by molar-refractivity contribution is 7.08. The molecule has 0 spiro atoms. The Labute approximate surface area is 95.1 Å². The maximum absolute atomic E-state index is 12.6. The van der Waals surface area contributed by atoms with Crippen LogP contribution in [0, 0.1) is 0 Å². The van der Waals surface area contributed by atoms with Crippen molar-refractivity contribution in [1.82, 2.24) is 0 Å². The van der Waals surface area contributed by atoms with E-state index in [9.17, 15) is 8.78 Å². The maximum atomic E-state index is 12.6. The molecule has 0 saturated carbocycles. The summed E-state index contributed by atoms with van der Waals surface area (Å²) >= 11 is 7.21. The summed E-state index contributed by atoms with van der Waals surface area (Å²) in [6.45, 7) is 0. The van der Waals surface area contributed by atoms with Gasteiger partial charge in [0, 0.05) is 27.1 Å². The number of hydrogen-bond acceptors (Lipinski definition) is 1. The second-order valence-corrected chi connectivity index (χ2v) is 4.17. The van der Waals surface area contributed by atoms with Gasteiger partial charge in [0.1, 0.15) is 0 Å². The van der Waals surface area contributed by atoms with Crippen LogP contribution in [0.1, 0.15) is 12.0 Å². The van der Waals surface area contributed by atoms with Crippen molar-refractivity contribution in [1.29, 1.82) is 0 Å². The monoisotopic (exact) mass is 244 g/mol. The summed E-state index contributed by atoms with van der Waals surface area (Å²) in [5.41, 5.74) is 1.24. The average molecular weight is 245 g/mol. The van der Waals surface area contributed by atoms with Gasteiger partial charge in [0.05, 0.1) is 0 Å². The number of halogens is 3. The van der Waals surface area contributed by atoms with Crippen LogP contribution in [0.3, 0.4) is 0 Å². The van der Waals surface area contributed by atoms with Crippen LogP contribution in [0.15, 0.2) is 35.0 Å². The molecule has 2 rings (SSSR count). The molecule has 0 aliphatic heterocycles. The van der Waals surface area contributed by atoms with Gasteiger partial charge in [-0.05, 0) is 11.4 Å². The van der Waals surface area contributed by atoms with E-state index in [2.05, 4.69) is 0 Å². The third-order valence-electron chi connectivity index (χ3n) is 2.09. The first-order valence-corrected chi connectivity index (χ1v) is 5.61. The first-order valence-electron chi connectivity index (χ1n) is 4.29. The molecule has 1 aromatic carbocycles. The van der Waals surface area contributed by atoms with E-state index in [1.54, 1.807) is 29.6 Å². The Morgan fingerprint density at radius 1 is 1.07 bits per heavy atom. The van der Waals surface area contributed by atoms with Gasteiger partial charge in [0.25, 0.3) is 6.43 Å². The lowest BCUT2D eigenvalue weighted by Crippen LogP contribution is -1.85. The molecule has 0 fully saturated rings. The molecule has 1 heterocycles. The van der Waals surface area contributed by atoms with Crippen LogP contribution in [0.25, 0.3) is 11.1 Å². The first kappa shape index (κ1) is 10.6. The van der Waals surface area contributed by atoms with Crippen LogP contribution >= 0.6 is 22.9 Å². The highest BCUT2D eigenvalue weighted by Gasteiger charge is 2.16. The zero-order chi connectivity index (χ0) is 10.8. The van der Waals surface area contributed by atoms with Gasteiger partial charge in [-0.2, -0.15) is 11.3 Å². The van der Waals surface area contributed by atoms with Gasteiger partial charge in [-0.25, -0.2) is 8.78 Å². The minimum absolute atomic E-state index is 0.0492. The van der Waals surface area contributed by atoms with Crippen molar-refractivity contribution in [3.8, 4) is 11.1 Å². The van der Waals surface area contributed by atoms with Crippen LogP contribution in [0.4, 0.5) is 8.78 Å². The second-order valence-electron chi connectivity index (χ2n) is 3.02. The fourth-order valence-electron chi connectivity index (χ4n) is 1.37. The van der Waals surface area contributed by atoms with Gasteiger partial charge < -0.3 is 0 Å². The van der Waals surface area contributed by atoms with Gasteiger partial charge in [-0.1, -0.05) is 29.8 Å². The zero-order valence-electron chi connectivity index (χ0n) is 7.58. The van der Waals surface area contributed by atoms with Crippen molar-refractivity contribution >= 4 is 22.9 Å². The normalized spacial score (nSPS) is 10.9. The summed E-state index contributed by atoms with van der Waals surface area (Å²) in [7, 11) is 0. The third-order valence-corrected chi connectivity index (χ3v) is 3.18. The summed E-state index contributed by atoms with van der Waals surface area (Å²) < 4.78 is 25.3. The fourth-order valence-corrected chi connectivity index (χ4v) is 2.46. The number of alkyl halides is 2. The summed E-state index contributed by atoms with van der Waals surface area (Å²) in [5.74, 6) is 0.